The zero-order valence-corrected chi connectivity index (χ0v) is 16.8. The van der Waals surface area contributed by atoms with Gasteiger partial charge in [0.25, 0.3) is 0 Å². The molecule has 0 amide bonds. The fourth-order valence-corrected chi connectivity index (χ4v) is 4.56. The summed E-state index contributed by atoms with van der Waals surface area (Å²) in [7, 11) is 0. The number of aryl methyl sites for hydroxylation is 1. The van der Waals surface area contributed by atoms with Crippen LogP contribution in [0.3, 0.4) is 0 Å². The quantitative estimate of drug-likeness (QED) is 0.292. The van der Waals surface area contributed by atoms with E-state index in [9.17, 15) is 0 Å². The lowest BCUT2D eigenvalue weighted by Crippen LogP contribution is -2.28. The first kappa shape index (κ1) is 20.6. The van der Waals surface area contributed by atoms with E-state index in [1.807, 2.05) is 13.8 Å². The van der Waals surface area contributed by atoms with Crippen molar-refractivity contribution in [1.29, 1.82) is 0 Å². The Morgan fingerprint density at radius 1 is 0.517 bits per heavy atom. The van der Waals surface area contributed by atoms with Crippen molar-refractivity contribution < 1.29 is 0 Å². The first-order valence-electron chi connectivity index (χ1n) is 10.1. The highest BCUT2D eigenvalue weighted by Crippen LogP contribution is 2.55. The molecular weight excluding hydrogens is 348 g/mol. The number of hydrogen-bond donors (Lipinski definition) is 0. The van der Waals surface area contributed by atoms with Crippen LogP contribution < -0.4 is 0 Å². The van der Waals surface area contributed by atoms with Crippen molar-refractivity contribution in [2.45, 2.75) is 33.6 Å². The Kier molecular flexibility index (Phi) is 6.03. The number of rotatable bonds is 2. The highest BCUT2D eigenvalue weighted by molar-refractivity contribution is 5.86. The van der Waals surface area contributed by atoms with Crippen molar-refractivity contribution in [3.05, 3.63) is 131 Å². The maximum absolute atomic E-state index is 2.37. The van der Waals surface area contributed by atoms with E-state index >= 15 is 0 Å². The lowest BCUT2D eigenvalue weighted by Gasteiger charge is -2.34. The van der Waals surface area contributed by atoms with E-state index in [0.29, 0.717) is 0 Å². The molecule has 0 unspecified atom stereocenters. The van der Waals surface area contributed by atoms with Gasteiger partial charge in [0.05, 0.1) is 5.41 Å². The molecule has 1 aliphatic carbocycles. The number of fused-ring (bicyclic) bond motifs is 3. The molecule has 0 saturated carbocycles. The van der Waals surface area contributed by atoms with Gasteiger partial charge >= 0.3 is 0 Å². The Bertz CT molecular complexity index is 1040. The van der Waals surface area contributed by atoms with Crippen LogP contribution in [0.4, 0.5) is 0 Å². The third-order valence-electron chi connectivity index (χ3n) is 5.61. The molecule has 0 bridgehead atoms. The molecule has 4 aromatic carbocycles. The normalized spacial score (nSPS) is 12.7. The summed E-state index contributed by atoms with van der Waals surface area (Å²) < 4.78 is 0. The van der Waals surface area contributed by atoms with Gasteiger partial charge in [-0.15, -0.1) is 0 Å². The lowest BCUT2D eigenvalue weighted by atomic mass is 9.67. The van der Waals surface area contributed by atoms with E-state index in [-0.39, 0.29) is 12.8 Å². The molecule has 0 fully saturated rings. The summed E-state index contributed by atoms with van der Waals surface area (Å²) in [5.74, 6) is 0. The average Bonchev–Trinajstić information content (AvgIpc) is 3.07. The summed E-state index contributed by atoms with van der Waals surface area (Å²) in [4.78, 5) is 0. The van der Waals surface area contributed by atoms with Gasteiger partial charge in [0.2, 0.25) is 0 Å². The van der Waals surface area contributed by atoms with Crippen LogP contribution in [0.5, 0.6) is 0 Å². The first-order valence-corrected chi connectivity index (χ1v) is 10.1. The minimum atomic E-state index is -0.263. The Morgan fingerprint density at radius 3 is 1.59 bits per heavy atom. The van der Waals surface area contributed by atoms with Crippen LogP contribution in [-0.2, 0) is 5.41 Å². The van der Waals surface area contributed by atoms with Gasteiger partial charge in [0.15, 0.2) is 0 Å². The predicted molar refractivity (Wildman–Crippen MR) is 127 cm³/mol. The van der Waals surface area contributed by atoms with Crippen LogP contribution in [-0.4, -0.2) is 0 Å². The molecule has 0 heteroatoms. The second-order valence-corrected chi connectivity index (χ2v) is 7.08. The molecule has 29 heavy (non-hydrogen) atoms. The summed E-state index contributed by atoms with van der Waals surface area (Å²) in [6.45, 7) is 6.18. The fourth-order valence-electron chi connectivity index (χ4n) is 4.56. The standard InChI is InChI=1S/C26H20.C2H6.CH4/c1-19-16-17-23-22-14-8-9-15-24(22)26(25(23)18-19,20-10-4-2-5-11-20)21-12-6-3-7-13-21;1-2;/h2-18H,1H3;1-2H3;1H4. The van der Waals surface area contributed by atoms with Crippen LogP contribution in [0.15, 0.2) is 103 Å². The van der Waals surface area contributed by atoms with Gasteiger partial charge in [-0.05, 0) is 40.3 Å². The van der Waals surface area contributed by atoms with Crippen LogP contribution >= 0.6 is 0 Å². The van der Waals surface area contributed by atoms with Crippen LogP contribution in [0, 0.1) is 6.92 Å². The first-order chi connectivity index (χ1) is 13.8. The van der Waals surface area contributed by atoms with E-state index in [4.69, 9.17) is 0 Å². The Hall–Kier alpha value is -3.12. The SMILES string of the molecule is C.CC.Cc1ccc2c(c1)C(c1ccccc1)(c1ccccc1)c1ccccc1-2. The second-order valence-electron chi connectivity index (χ2n) is 7.08. The highest BCUT2D eigenvalue weighted by atomic mass is 14.5. The Balaban J connectivity index is 0.000000778. The van der Waals surface area contributed by atoms with Crippen molar-refractivity contribution in [2.75, 3.05) is 0 Å². The van der Waals surface area contributed by atoms with E-state index in [2.05, 4.69) is 110 Å². The average molecular weight is 379 g/mol. The van der Waals surface area contributed by atoms with Gasteiger partial charge in [-0.3, -0.25) is 0 Å². The summed E-state index contributed by atoms with van der Waals surface area (Å²) in [6.07, 6.45) is 0. The van der Waals surface area contributed by atoms with Crippen molar-refractivity contribution in [3.63, 3.8) is 0 Å². The summed E-state index contributed by atoms with van der Waals surface area (Å²) in [5, 5.41) is 0. The second kappa shape index (κ2) is 8.49. The number of benzene rings is 4. The van der Waals surface area contributed by atoms with Crippen molar-refractivity contribution in [3.8, 4) is 11.1 Å². The molecule has 0 atom stereocenters. The molecule has 0 aliphatic heterocycles. The molecule has 0 N–H and O–H groups in total. The molecule has 0 heterocycles. The molecule has 4 aromatic rings. The predicted octanol–water partition coefficient (Wildman–Crippen LogP) is 8.02. The van der Waals surface area contributed by atoms with Crippen LogP contribution in [0.2, 0.25) is 0 Å². The Morgan fingerprint density at radius 2 is 1.00 bits per heavy atom. The Labute approximate surface area is 175 Å². The molecule has 0 aromatic heterocycles. The van der Waals surface area contributed by atoms with E-state index in [0.717, 1.165) is 0 Å². The van der Waals surface area contributed by atoms with Crippen LogP contribution in [0.1, 0.15) is 49.1 Å². The van der Waals surface area contributed by atoms with Gasteiger partial charge in [-0.1, -0.05) is 130 Å². The van der Waals surface area contributed by atoms with Gasteiger partial charge < -0.3 is 0 Å². The smallest absolute Gasteiger partial charge is 0.0713 e. The van der Waals surface area contributed by atoms with Crippen LogP contribution in [0.25, 0.3) is 11.1 Å². The van der Waals surface area contributed by atoms with Crippen molar-refractivity contribution >= 4 is 0 Å². The largest absolute Gasteiger partial charge is 0.0776 e. The van der Waals surface area contributed by atoms with E-state index < -0.39 is 0 Å². The highest BCUT2D eigenvalue weighted by Gasteiger charge is 2.45. The summed E-state index contributed by atoms with van der Waals surface area (Å²) in [6, 6.07) is 37.6. The van der Waals surface area contributed by atoms with Gasteiger partial charge in [-0.2, -0.15) is 0 Å². The fraction of sp³-hybridized carbons (Fsp3) is 0.172. The maximum Gasteiger partial charge on any atom is 0.0713 e. The third-order valence-corrected chi connectivity index (χ3v) is 5.61. The lowest BCUT2D eigenvalue weighted by molar-refractivity contribution is 0.767. The molecule has 5 rings (SSSR count). The van der Waals surface area contributed by atoms with Crippen molar-refractivity contribution in [2.24, 2.45) is 0 Å². The minimum Gasteiger partial charge on any atom is -0.0776 e. The molecule has 1 aliphatic rings. The molecule has 146 valence electrons. The van der Waals surface area contributed by atoms with Crippen molar-refractivity contribution in [1.82, 2.24) is 0 Å². The van der Waals surface area contributed by atoms with Gasteiger partial charge in [0.1, 0.15) is 0 Å². The monoisotopic (exact) mass is 378 g/mol. The zero-order valence-electron chi connectivity index (χ0n) is 16.8. The number of hydrogen-bond acceptors (Lipinski definition) is 0. The van der Waals surface area contributed by atoms with E-state index in [1.54, 1.807) is 0 Å². The molecule has 0 nitrogen and oxygen atoms in total. The third kappa shape index (κ3) is 3.09. The van der Waals surface area contributed by atoms with Gasteiger partial charge in [0, 0.05) is 0 Å². The zero-order chi connectivity index (χ0) is 19.6. The summed E-state index contributed by atoms with van der Waals surface area (Å²) in [5.41, 5.74) is 9.13. The molecule has 0 radical (unpaired) electrons. The minimum absolute atomic E-state index is 0. The molecule has 0 spiro atoms. The van der Waals surface area contributed by atoms with E-state index in [1.165, 1.54) is 38.9 Å². The molecule has 0 saturated heterocycles. The maximum atomic E-state index is 2.37. The van der Waals surface area contributed by atoms with Gasteiger partial charge in [-0.25, -0.2) is 0 Å². The topological polar surface area (TPSA) is 0 Å². The summed E-state index contributed by atoms with van der Waals surface area (Å²) >= 11 is 0. The molecular formula is C29H30.